The van der Waals surface area contributed by atoms with Crippen molar-refractivity contribution < 1.29 is 14.7 Å². The number of carbonyl (C=O) groups excluding carboxylic acids is 1. The fraction of sp³-hybridized carbons (Fsp3) is 0.385. The Hall–Kier alpha value is -1.62. The Bertz CT molecular complexity index is 453. The summed E-state index contributed by atoms with van der Waals surface area (Å²) >= 11 is 1.57. The van der Waals surface area contributed by atoms with Gasteiger partial charge in [0.05, 0.1) is 5.92 Å². The average molecular weight is 265 g/mol. The van der Waals surface area contributed by atoms with Crippen molar-refractivity contribution in [2.45, 2.75) is 12.8 Å². The Labute approximate surface area is 110 Å². The maximum atomic E-state index is 11.9. The third kappa shape index (κ3) is 3.20. The molecule has 4 nitrogen and oxygen atoms in total. The van der Waals surface area contributed by atoms with Gasteiger partial charge < -0.3 is 10.0 Å². The molecule has 1 atom stereocenters. The topological polar surface area (TPSA) is 57.6 Å². The molecule has 1 aromatic rings. The van der Waals surface area contributed by atoms with E-state index in [0.717, 1.165) is 11.3 Å². The zero-order chi connectivity index (χ0) is 13.0. The summed E-state index contributed by atoms with van der Waals surface area (Å²) in [6, 6.07) is 3.86. The molecular formula is C13H15NO3S. The number of likely N-dealkylation sites (tertiary alicyclic amines) is 1. The minimum atomic E-state index is -0.810. The van der Waals surface area contributed by atoms with E-state index in [1.54, 1.807) is 22.3 Å². The Kier molecular flexibility index (Phi) is 4.15. The van der Waals surface area contributed by atoms with Gasteiger partial charge in [0.2, 0.25) is 5.91 Å². The largest absolute Gasteiger partial charge is 0.481 e. The zero-order valence-corrected chi connectivity index (χ0v) is 10.7. The predicted molar refractivity (Wildman–Crippen MR) is 70.3 cm³/mol. The summed E-state index contributed by atoms with van der Waals surface area (Å²) in [6.07, 6.45) is 4.72. The van der Waals surface area contributed by atoms with E-state index in [9.17, 15) is 9.59 Å². The van der Waals surface area contributed by atoms with Gasteiger partial charge in [-0.1, -0.05) is 6.07 Å². The van der Waals surface area contributed by atoms with E-state index in [0.29, 0.717) is 19.5 Å². The highest BCUT2D eigenvalue weighted by atomic mass is 32.1. The summed E-state index contributed by atoms with van der Waals surface area (Å²) < 4.78 is 0. The van der Waals surface area contributed by atoms with Crippen LogP contribution in [0.2, 0.25) is 0 Å². The number of carboxylic acid groups (broad SMARTS) is 1. The molecule has 1 aromatic heterocycles. The maximum absolute atomic E-state index is 11.9. The first kappa shape index (κ1) is 12.8. The van der Waals surface area contributed by atoms with Crippen LogP contribution in [0, 0.1) is 5.92 Å². The van der Waals surface area contributed by atoms with Gasteiger partial charge in [0.15, 0.2) is 0 Å². The molecular weight excluding hydrogens is 250 g/mol. The number of rotatable bonds is 3. The molecule has 5 heteroatoms. The minimum Gasteiger partial charge on any atom is -0.481 e. The van der Waals surface area contributed by atoms with Gasteiger partial charge in [-0.3, -0.25) is 9.59 Å². The first-order valence-corrected chi connectivity index (χ1v) is 6.78. The van der Waals surface area contributed by atoms with E-state index in [2.05, 4.69) is 0 Å². The molecule has 1 aliphatic rings. The molecule has 0 aromatic carbocycles. The summed E-state index contributed by atoms with van der Waals surface area (Å²) in [5, 5.41) is 10.9. The maximum Gasteiger partial charge on any atom is 0.308 e. The van der Waals surface area contributed by atoms with E-state index < -0.39 is 11.9 Å². The highest BCUT2D eigenvalue weighted by Crippen LogP contribution is 2.17. The van der Waals surface area contributed by atoms with E-state index in [4.69, 9.17) is 5.11 Å². The van der Waals surface area contributed by atoms with Crippen LogP contribution in [0.3, 0.4) is 0 Å². The number of piperidine rings is 1. The lowest BCUT2D eigenvalue weighted by atomic mass is 9.98. The van der Waals surface area contributed by atoms with Crippen LogP contribution in [0.4, 0.5) is 0 Å². The van der Waals surface area contributed by atoms with Crippen molar-refractivity contribution in [2.75, 3.05) is 13.1 Å². The monoisotopic (exact) mass is 265 g/mol. The smallest absolute Gasteiger partial charge is 0.308 e. The molecule has 0 unspecified atom stereocenters. The van der Waals surface area contributed by atoms with Crippen molar-refractivity contribution in [1.29, 1.82) is 0 Å². The standard InChI is InChI=1S/C13H15NO3S/c15-12(6-5-11-4-2-8-18-11)14-7-1-3-10(9-14)13(16)17/h2,4-6,8,10H,1,3,7,9H2,(H,16,17)/b6-5+/t10-/m1/s1. The summed E-state index contributed by atoms with van der Waals surface area (Å²) in [4.78, 5) is 25.5. The zero-order valence-electron chi connectivity index (χ0n) is 9.91. The van der Waals surface area contributed by atoms with Gasteiger partial charge in [0, 0.05) is 24.0 Å². The van der Waals surface area contributed by atoms with Crippen molar-refractivity contribution in [3.8, 4) is 0 Å². The normalized spacial score (nSPS) is 20.2. The second-order valence-corrected chi connectivity index (χ2v) is 5.29. The van der Waals surface area contributed by atoms with Crippen molar-refractivity contribution in [3.05, 3.63) is 28.5 Å². The van der Waals surface area contributed by atoms with Gasteiger partial charge in [-0.25, -0.2) is 0 Å². The Morgan fingerprint density at radius 2 is 2.33 bits per heavy atom. The number of carbonyl (C=O) groups is 2. The molecule has 2 heterocycles. The lowest BCUT2D eigenvalue weighted by Crippen LogP contribution is -2.41. The molecule has 0 spiro atoms. The lowest BCUT2D eigenvalue weighted by molar-refractivity contribution is -0.144. The number of aliphatic carboxylic acids is 1. The third-order valence-electron chi connectivity index (χ3n) is 3.02. The van der Waals surface area contributed by atoms with Gasteiger partial charge in [0.1, 0.15) is 0 Å². The number of hydrogen-bond donors (Lipinski definition) is 1. The SMILES string of the molecule is O=C(O)[C@@H]1CCCN(C(=O)/C=C/c2cccs2)C1. The number of thiophene rings is 1. The summed E-state index contributed by atoms with van der Waals surface area (Å²) in [5.41, 5.74) is 0. The average Bonchev–Trinajstić information content (AvgIpc) is 2.89. The van der Waals surface area contributed by atoms with Crippen molar-refractivity contribution >= 4 is 29.3 Å². The van der Waals surface area contributed by atoms with Crippen LogP contribution >= 0.6 is 11.3 Å². The Balaban J connectivity index is 1.94. The molecule has 1 N–H and O–H groups in total. The van der Waals surface area contributed by atoms with Gasteiger partial charge >= 0.3 is 5.97 Å². The molecule has 1 amide bonds. The minimum absolute atomic E-state index is 0.102. The molecule has 1 aliphatic heterocycles. The quantitative estimate of drug-likeness (QED) is 0.851. The van der Waals surface area contributed by atoms with Crippen molar-refractivity contribution in [2.24, 2.45) is 5.92 Å². The van der Waals surface area contributed by atoms with E-state index >= 15 is 0 Å². The fourth-order valence-electron chi connectivity index (χ4n) is 2.02. The fourth-order valence-corrected chi connectivity index (χ4v) is 2.64. The van der Waals surface area contributed by atoms with Crippen LogP contribution in [0.25, 0.3) is 6.08 Å². The molecule has 0 bridgehead atoms. The molecule has 1 fully saturated rings. The van der Waals surface area contributed by atoms with Gasteiger partial charge in [-0.2, -0.15) is 0 Å². The van der Waals surface area contributed by atoms with Gasteiger partial charge in [-0.05, 0) is 30.4 Å². The van der Waals surface area contributed by atoms with E-state index in [1.807, 2.05) is 17.5 Å². The number of nitrogens with zero attached hydrogens (tertiary/aromatic N) is 1. The molecule has 0 saturated carbocycles. The van der Waals surface area contributed by atoms with E-state index in [-0.39, 0.29) is 5.91 Å². The molecule has 1 saturated heterocycles. The number of amides is 1. The molecule has 0 radical (unpaired) electrons. The molecule has 0 aliphatic carbocycles. The Morgan fingerprint density at radius 1 is 1.50 bits per heavy atom. The first-order valence-electron chi connectivity index (χ1n) is 5.90. The van der Waals surface area contributed by atoms with Gasteiger partial charge in [0.25, 0.3) is 0 Å². The van der Waals surface area contributed by atoms with E-state index in [1.165, 1.54) is 6.08 Å². The van der Waals surface area contributed by atoms with Crippen LogP contribution in [0.5, 0.6) is 0 Å². The first-order chi connectivity index (χ1) is 8.66. The van der Waals surface area contributed by atoms with Crippen molar-refractivity contribution in [3.63, 3.8) is 0 Å². The lowest BCUT2D eigenvalue weighted by Gasteiger charge is -2.29. The van der Waals surface area contributed by atoms with Crippen LogP contribution in [0.1, 0.15) is 17.7 Å². The van der Waals surface area contributed by atoms with Crippen LogP contribution < -0.4 is 0 Å². The predicted octanol–water partition coefficient (Wildman–Crippen LogP) is 2.08. The molecule has 18 heavy (non-hydrogen) atoms. The second-order valence-electron chi connectivity index (χ2n) is 4.31. The second kappa shape index (κ2) is 5.82. The van der Waals surface area contributed by atoms with Crippen LogP contribution in [0.15, 0.2) is 23.6 Å². The molecule has 2 rings (SSSR count). The third-order valence-corrected chi connectivity index (χ3v) is 3.85. The van der Waals surface area contributed by atoms with Gasteiger partial charge in [-0.15, -0.1) is 11.3 Å². The summed E-state index contributed by atoms with van der Waals surface area (Å²) in [6.45, 7) is 0.973. The number of carboxylic acids is 1. The highest BCUT2D eigenvalue weighted by Gasteiger charge is 2.26. The highest BCUT2D eigenvalue weighted by molar-refractivity contribution is 7.10. The Morgan fingerprint density at radius 3 is 3.00 bits per heavy atom. The molecule has 96 valence electrons. The van der Waals surface area contributed by atoms with Crippen LogP contribution in [-0.4, -0.2) is 35.0 Å². The summed E-state index contributed by atoms with van der Waals surface area (Å²) in [7, 11) is 0. The van der Waals surface area contributed by atoms with Crippen LogP contribution in [-0.2, 0) is 9.59 Å². The number of hydrogen-bond acceptors (Lipinski definition) is 3. The van der Waals surface area contributed by atoms with Crippen molar-refractivity contribution in [1.82, 2.24) is 4.90 Å². The summed E-state index contributed by atoms with van der Waals surface area (Å²) in [5.74, 6) is -1.33.